The minimum atomic E-state index is 0.112. The van der Waals surface area contributed by atoms with Crippen LogP contribution in [0, 0.1) is 6.92 Å². The van der Waals surface area contributed by atoms with Crippen molar-refractivity contribution in [1.82, 2.24) is 4.98 Å². The van der Waals surface area contributed by atoms with Crippen LogP contribution >= 0.6 is 15.9 Å². The van der Waals surface area contributed by atoms with Crippen LogP contribution in [0.25, 0.3) is 0 Å². The molecule has 66 valence electrons. The summed E-state index contributed by atoms with van der Waals surface area (Å²) >= 11 is 3.43. The van der Waals surface area contributed by atoms with E-state index in [-0.39, 0.29) is 6.10 Å². The third kappa shape index (κ3) is 2.05. The smallest absolute Gasteiger partial charge is 0.0805 e. The van der Waals surface area contributed by atoms with E-state index in [2.05, 4.69) is 20.9 Å². The Kier molecular flexibility index (Phi) is 3.23. The van der Waals surface area contributed by atoms with Crippen LogP contribution in [-0.2, 0) is 4.74 Å². The van der Waals surface area contributed by atoms with Crippen molar-refractivity contribution >= 4 is 15.9 Å². The van der Waals surface area contributed by atoms with Crippen molar-refractivity contribution in [3.8, 4) is 0 Å². The molecule has 1 unspecified atom stereocenters. The zero-order chi connectivity index (χ0) is 9.14. The first-order chi connectivity index (χ1) is 5.65. The number of hydrogen-bond donors (Lipinski definition) is 0. The van der Waals surface area contributed by atoms with Crippen molar-refractivity contribution in [2.75, 3.05) is 7.11 Å². The summed E-state index contributed by atoms with van der Waals surface area (Å²) in [7, 11) is 1.70. The van der Waals surface area contributed by atoms with Gasteiger partial charge in [-0.05, 0) is 41.4 Å². The van der Waals surface area contributed by atoms with Crippen molar-refractivity contribution in [3.05, 3.63) is 28.0 Å². The van der Waals surface area contributed by atoms with E-state index in [1.807, 2.05) is 19.9 Å². The fraction of sp³-hybridized carbons (Fsp3) is 0.444. The molecule has 0 aliphatic carbocycles. The number of hydrogen-bond acceptors (Lipinski definition) is 2. The molecule has 12 heavy (non-hydrogen) atoms. The van der Waals surface area contributed by atoms with Gasteiger partial charge in [-0.2, -0.15) is 0 Å². The molecule has 1 rings (SSSR count). The number of aromatic nitrogens is 1. The van der Waals surface area contributed by atoms with Crippen molar-refractivity contribution < 1.29 is 4.74 Å². The van der Waals surface area contributed by atoms with Gasteiger partial charge in [0.25, 0.3) is 0 Å². The normalized spacial score (nSPS) is 13.0. The summed E-state index contributed by atoms with van der Waals surface area (Å²) in [6, 6.07) is 2.03. The predicted octanol–water partition coefficient (Wildman–Crippen LogP) is 2.86. The van der Waals surface area contributed by atoms with Gasteiger partial charge in [0.1, 0.15) is 0 Å². The zero-order valence-electron chi connectivity index (χ0n) is 7.47. The van der Waals surface area contributed by atoms with Gasteiger partial charge in [-0.3, -0.25) is 4.98 Å². The SMILES string of the molecule is COC(C)c1cc(C)ncc1Br. The van der Waals surface area contributed by atoms with E-state index in [4.69, 9.17) is 4.74 Å². The zero-order valence-corrected chi connectivity index (χ0v) is 9.05. The lowest BCUT2D eigenvalue weighted by molar-refractivity contribution is 0.119. The number of ether oxygens (including phenoxy) is 1. The van der Waals surface area contributed by atoms with E-state index < -0.39 is 0 Å². The maximum absolute atomic E-state index is 5.21. The predicted molar refractivity (Wildman–Crippen MR) is 52.1 cm³/mol. The van der Waals surface area contributed by atoms with Gasteiger partial charge in [0.05, 0.1) is 6.10 Å². The monoisotopic (exact) mass is 229 g/mol. The summed E-state index contributed by atoms with van der Waals surface area (Å²) in [5.74, 6) is 0. The number of methoxy groups -OCH3 is 1. The van der Waals surface area contributed by atoms with Gasteiger partial charge in [0.15, 0.2) is 0 Å². The highest BCUT2D eigenvalue weighted by Crippen LogP contribution is 2.24. The number of rotatable bonds is 2. The van der Waals surface area contributed by atoms with Crippen LogP contribution in [0.15, 0.2) is 16.7 Å². The van der Waals surface area contributed by atoms with Gasteiger partial charge in [-0.25, -0.2) is 0 Å². The molecule has 0 spiro atoms. The molecule has 0 aliphatic rings. The Labute approximate surface area is 81.1 Å². The Bertz CT molecular complexity index is 275. The number of aryl methyl sites for hydroxylation is 1. The maximum atomic E-state index is 5.21. The first-order valence-corrected chi connectivity index (χ1v) is 4.59. The van der Waals surface area contributed by atoms with E-state index in [0.29, 0.717) is 0 Å². The Morgan fingerprint density at radius 1 is 1.58 bits per heavy atom. The van der Waals surface area contributed by atoms with Gasteiger partial charge >= 0.3 is 0 Å². The number of halogens is 1. The van der Waals surface area contributed by atoms with Gasteiger partial charge in [0, 0.05) is 23.5 Å². The molecular formula is C9H12BrNO. The quantitative estimate of drug-likeness (QED) is 0.779. The summed E-state index contributed by atoms with van der Waals surface area (Å²) in [6.45, 7) is 3.98. The summed E-state index contributed by atoms with van der Waals surface area (Å²) < 4.78 is 6.22. The third-order valence-corrected chi connectivity index (χ3v) is 2.48. The molecule has 0 saturated carbocycles. The standard InChI is InChI=1S/C9H12BrNO/c1-6-4-8(7(2)12-3)9(10)5-11-6/h4-5,7H,1-3H3. The molecule has 0 aliphatic heterocycles. The highest BCUT2D eigenvalue weighted by Gasteiger charge is 2.08. The first-order valence-electron chi connectivity index (χ1n) is 3.80. The Morgan fingerprint density at radius 3 is 2.83 bits per heavy atom. The lowest BCUT2D eigenvalue weighted by atomic mass is 10.1. The topological polar surface area (TPSA) is 22.1 Å². The van der Waals surface area contributed by atoms with E-state index >= 15 is 0 Å². The molecule has 1 atom stereocenters. The molecule has 0 N–H and O–H groups in total. The summed E-state index contributed by atoms with van der Waals surface area (Å²) in [5, 5.41) is 0. The van der Waals surface area contributed by atoms with Crippen molar-refractivity contribution in [2.24, 2.45) is 0 Å². The molecule has 0 aromatic carbocycles. The van der Waals surface area contributed by atoms with E-state index in [0.717, 1.165) is 15.7 Å². The molecule has 1 heterocycles. The number of nitrogens with zero attached hydrogens (tertiary/aromatic N) is 1. The van der Waals surface area contributed by atoms with Gasteiger partial charge in [0.2, 0.25) is 0 Å². The van der Waals surface area contributed by atoms with Crippen molar-refractivity contribution in [2.45, 2.75) is 20.0 Å². The van der Waals surface area contributed by atoms with E-state index in [1.165, 1.54) is 0 Å². The molecule has 0 bridgehead atoms. The lowest BCUT2D eigenvalue weighted by Gasteiger charge is -2.11. The molecule has 0 amide bonds. The maximum Gasteiger partial charge on any atom is 0.0805 e. The Hall–Kier alpha value is -0.410. The molecule has 0 fully saturated rings. The van der Waals surface area contributed by atoms with Crippen LogP contribution in [0.5, 0.6) is 0 Å². The second-order valence-corrected chi connectivity index (χ2v) is 3.58. The second kappa shape index (κ2) is 4.01. The van der Waals surface area contributed by atoms with Crippen molar-refractivity contribution in [1.29, 1.82) is 0 Å². The highest BCUT2D eigenvalue weighted by atomic mass is 79.9. The molecule has 0 radical (unpaired) electrons. The average molecular weight is 230 g/mol. The van der Waals surface area contributed by atoms with Crippen LogP contribution < -0.4 is 0 Å². The van der Waals surface area contributed by atoms with Crippen LogP contribution in [0.2, 0.25) is 0 Å². The first kappa shape index (κ1) is 9.68. The fourth-order valence-corrected chi connectivity index (χ4v) is 1.54. The molecule has 3 heteroatoms. The van der Waals surface area contributed by atoms with Gasteiger partial charge in [-0.1, -0.05) is 0 Å². The minimum Gasteiger partial charge on any atom is -0.377 e. The van der Waals surface area contributed by atoms with E-state index in [9.17, 15) is 0 Å². The van der Waals surface area contributed by atoms with Crippen LogP contribution in [-0.4, -0.2) is 12.1 Å². The molecule has 1 aromatic heterocycles. The molecule has 0 saturated heterocycles. The van der Waals surface area contributed by atoms with Gasteiger partial charge < -0.3 is 4.74 Å². The minimum absolute atomic E-state index is 0.112. The average Bonchev–Trinajstić information content (AvgIpc) is 2.08. The lowest BCUT2D eigenvalue weighted by Crippen LogP contribution is -1.98. The molecule has 2 nitrogen and oxygen atoms in total. The Balaban J connectivity index is 3.04. The van der Waals surface area contributed by atoms with Crippen LogP contribution in [0.4, 0.5) is 0 Å². The van der Waals surface area contributed by atoms with Crippen LogP contribution in [0.3, 0.4) is 0 Å². The van der Waals surface area contributed by atoms with Gasteiger partial charge in [-0.15, -0.1) is 0 Å². The summed E-state index contributed by atoms with van der Waals surface area (Å²) in [5.41, 5.74) is 2.15. The largest absolute Gasteiger partial charge is 0.377 e. The summed E-state index contributed by atoms with van der Waals surface area (Å²) in [6.07, 6.45) is 1.92. The number of pyridine rings is 1. The van der Waals surface area contributed by atoms with Crippen LogP contribution in [0.1, 0.15) is 24.3 Å². The molecule has 1 aromatic rings. The van der Waals surface area contributed by atoms with Crippen molar-refractivity contribution in [3.63, 3.8) is 0 Å². The molecular weight excluding hydrogens is 218 g/mol. The summed E-state index contributed by atoms with van der Waals surface area (Å²) in [4.78, 5) is 4.15. The second-order valence-electron chi connectivity index (χ2n) is 2.73. The Morgan fingerprint density at radius 2 is 2.25 bits per heavy atom. The third-order valence-electron chi connectivity index (χ3n) is 1.81. The highest BCUT2D eigenvalue weighted by molar-refractivity contribution is 9.10. The fourth-order valence-electron chi connectivity index (χ4n) is 1.00. The van der Waals surface area contributed by atoms with E-state index in [1.54, 1.807) is 13.3 Å².